The van der Waals surface area contributed by atoms with Gasteiger partial charge in [-0.15, -0.1) is 11.8 Å². The van der Waals surface area contributed by atoms with Gasteiger partial charge in [-0.1, -0.05) is 46.3 Å². The number of nitrogens with one attached hydrogen (secondary N) is 1. The van der Waals surface area contributed by atoms with E-state index in [9.17, 15) is 9.59 Å². The van der Waals surface area contributed by atoms with E-state index in [1.807, 2.05) is 75.4 Å². The van der Waals surface area contributed by atoms with Gasteiger partial charge in [0.25, 0.3) is 0 Å². The molecule has 0 saturated carbocycles. The smallest absolute Gasteiger partial charge is 0.242 e. The van der Waals surface area contributed by atoms with Crippen LogP contribution in [0.1, 0.15) is 33.3 Å². The van der Waals surface area contributed by atoms with Gasteiger partial charge in [0.05, 0.1) is 5.75 Å². The van der Waals surface area contributed by atoms with Crippen molar-refractivity contribution in [3.8, 4) is 0 Å². The van der Waals surface area contributed by atoms with Gasteiger partial charge in [0, 0.05) is 21.5 Å². The number of thioether (sulfide) groups is 1. The lowest BCUT2D eigenvalue weighted by Crippen LogP contribution is -2.52. The molecule has 1 atom stereocenters. The van der Waals surface area contributed by atoms with Gasteiger partial charge in [-0.25, -0.2) is 0 Å². The second-order valence-electron chi connectivity index (χ2n) is 7.67. The third-order valence-electron chi connectivity index (χ3n) is 4.04. The van der Waals surface area contributed by atoms with Crippen LogP contribution < -0.4 is 5.32 Å². The van der Waals surface area contributed by atoms with Crippen molar-refractivity contribution >= 4 is 39.5 Å². The Morgan fingerprint density at radius 2 is 1.68 bits per heavy atom. The molecule has 0 spiro atoms. The molecular formula is C22H27BrN2O2S. The topological polar surface area (TPSA) is 49.4 Å². The zero-order valence-corrected chi connectivity index (χ0v) is 19.1. The molecule has 2 rings (SSSR count). The lowest BCUT2D eigenvalue weighted by atomic mass is 10.1. The van der Waals surface area contributed by atoms with Gasteiger partial charge in [-0.2, -0.15) is 0 Å². The first-order chi connectivity index (χ1) is 13.2. The Hall–Kier alpha value is -1.79. The number of amides is 2. The molecule has 0 heterocycles. The summed E-state index contributed by atoms with van der Waals surface area (Å²) in [5, 5.41) is 2.98. The van der Waals surface area contributed by atoms with Crippen molar-refractivity contribution in [3.63, 3.8) is 0 Å². The lowest BCUT2D eigenvalue weighted by molar-refractivity contribution is -0.139. The number of benzene rings is 2. The van der Waals surface area contributed by atoms with Gasteiger partial charge in [0.1, 0.15) is 6.04 Å². The third-order valence-corrected chi connectivity index (χ3v) is 5.56. The molecule has 0 fully saturated rings. The van der Waals surface area contributed by atoms with Crippen LogP contribution in [0.3, 0.4) is 0 Å². The van der Waals surface area contributed by atoms with Crippen LogP contribution in [0.25, 0.3) is 0 Å². The summed E-state index contributed by atoms with van der Waals surface area (Å²) in [4.78, 5) is 28.4. The molecular weight excluding hydrogens is 436 g/mol. The van der Waals surface area contributed by atoms with E-state index in [-0.39, 0.29) is 23.1 Å². The minimum Gasteiger partial charge on any atom is -0.350 e. The summed E-state index contributed by atoms with van der Waals surface area (Å²) < 4.78 is 0.979. The zero-order chi connectivity index (χ0) is 20.7. The molecule has 1 N–H and O–H groups in total. The molecule has 0 unspecified atom stereocenters. The molecule has 0 saturated heterocycles. The Labute approximate surface area is 180 Å². The predicted octanol–water partition coefficient (Wildman–Crippen LogP) is 4.87. The van der Waals surface area contributed by atoms with Crippen LogP contribution in [0.5, 0.6) is 0 Å². The van der Waals surface area contributed by atoms with Crippen molar-refractivity contribution in [2.75, 3.05) is 5.75 Å². The lowest BCUT2D eigenvalue weighted by Gasteiger charge is -2.31. The minimum absolute atomic E-state index is 0.0617. The average Bonchev–Trinajstić information content (AvgIpc) is 2.64. The van der Waals surface area contributed by atoms with E-state index in [2.05, 4.69) is 21.2 Å². The standard InChI is InChI=1S/C22H27BrN2O2S/c1-16(21(27)24-22(2,3)4)25(14-17-10-12-18(23)13-11-17)20(26)15-28-19-8-6-5-7-9-19/h5-13,16H,14-15H2,1-4H3,(H,24,27)/t16-/m0/s1. The number of nitrogens with zero attached hydrogens (tertiary/aromatic N) is 1. The summed E-state index contributed by atoms with van der Waals surface area (Å²) in [5.74, 6) is 0.0734. The maximum absolute atomic E-state index is 13.0. The minimum atomic E-state index is -0.563. The Morgan fingerprint density at radius 3 is 2.25 bits per heavy atom. The molecule has 0 aliphatic carbocycles. The first-order valence-electron chi connectivity index (χ1n) is 9.19. The van der Waals surface area contributed by atoms with Crippen LogP contribution in [-0.2, 0) is 16.1 Å². The van der Waals surface area contributed by atoms with Crippen molar-refractivity contribution in [3.05, 3.63) is 64.6 Å². The first kappa shape index (κ1) is 22.5. The molecule has 4 nitrogen and oxygen atoms in total. The van der Waals surface area contributed by atoms with Gasteiger partial charge in [0.2, 0.25) is 11.8 Å². The van der Waals surface area contributed by atoms with Crippen molar-refractivity contribution in [2.24, 2.45) is 0 Å². The number of halogens is 1. The largest absolute Gasteiger partial charge is 0.350 e. The normalized spacial score (nSPS) is 12.3. The molecule has 0 aliphatic heterocycles. The summed E-state index contributed by atoms with van der Waals surface area (Å²) in [7, 11) is 0. The summed E-state index contributed by atoms with van der Waals surface area (Å²) in [5.41, 5.74) is 0.632. The van der Waals surface area contributed by atoms with Crippen LogP contribution in [0.2, 0.25) is 0 Å². The maximum atomic E-state index is 13.0. The first-order valence-corrected chi connectivity index (χ1v) is 11.0. The Bertz CT molecular complexity index is 788. The van der Waals surface area contributed by atoms with Crippen molar-refractivity contribution < 1.29 is 9.59 Å². The van der Waals surface area contributed by atoms with Crippen LogP contribution in [0.15, 0.2) is 64.0 Å². The van der Waals surface area contributed by atoms with Crippen LogP contribution >= 0.6 is 27.7 Å². The number of hydrogen-bond acceptors (Lipinski definition) is 3. The van der Waals surface area contributed by atoms with Crippen LogP contribution in [0, 0.1) is 0 Å². The summed E-state index contributed by atoms with van der Waals surface area (Å²) in [6, 6.07) is 17.0. The van der Waals surface area contributed by atoms with Gasteiger partial charge in [0.15, 0.2) is 0 Å². The fraction of sp³-hybridized carbons (Fsp3) is 0.364. The molecule has 28 heavy (non-hydrogen) atoms. The third kappa shape index (κ3) is 7.32. The highest BCUT2D eigenvalue weighted by Crippen LogP contribution is 2.20. The SMILES string of the molecule is C[C@@H](C(=O)NC(C)(C)C)N(Cc1ccc(Br)cc1)C(=O)CSc1ccccc1. The highest BCUT2D eigenvalue weighted by molar-refractivity contribution is 9.10. The molecule has 150 valence electrons. The van der Waals surface area contributed by atoms with Gasteiger partial charge in [-0.05, 0) is 57.5 Å². The number of rotatable bonds is 7. The Kier molecular flexibility index (Phi) is 8.13. The summed E-state index contributed by atoms with van der Waals surface area (Å²) in [6.45, 7) is 7.97. The van der Waals surface area contributed by atoms with E-state index in [4.69, 9.17) is 0 Å². The molecule has 6 heteroatoms. The van der Waals surface area contributed by atoms with Crippen molar-refractivity contribution in [1.29, 1.82) is 0 Å². The molecule has 0 bridgehead atoms. The molecule has 2 amide bonds. The van der Waals surface area contributed by atoms with Crippen LogP contribution in [-0.4, -0.2) is 34.0 Å². The van der Waals surface area contributed by atoms with E-state index in [1.54, 1.807) is 11.8 Å². The molecule has 0 aliphatic rings. The molecule has 2 aromatic rings. The quantitative estimate of drug-likeness (QED) is 0.596. The second-order valence-corrected chi connectivity index (χ2v) is 9.63. The van der Waals surface area contributed by atoms with E-state index in [0.29, 0.717) is 6.54 Å². The predicted molar refractivity (Wildman–Crippen MR) is 119 cm³/mol. The Morgan fingerprint density at radius 1 is 1.07 bits per heavy atom. The van der Waals surface area contributed by atoms with Crippen LogP contribution in [0.4, 0.5) is 0 Å². The van der Waals surface area contributed by atoms with Gasteiger partial charge in [-0.3, -0.25) is 9.59 Å². The van der Waals surface area contributed by atoms with Gasteiger partial charge >= 0.3 is 0 Å². The summed E-state index contributed by atoms with van der Waals surface area (Å²) >= 11 is 4.91. The van der Waals surface area contributed by atoms with E-state index < -0.39 is 6.04 Å². The number of carbonyl (C=O) groups is 2. The average molecular weight is 463 g/mol. The monoisotopic (exact) mass is 462 g/mol. The van der Waals surface area contributed by atoms with Crippen molar-refractivity contribution in [1.82, 2.24) is 10.2 Å². The fourth-order valence-corrected chi connectivity index (χ4v) is 3.66. The number of carbonyl (C=O) groups excluding carboxylic acids is 2. The fourth-order valence-electron chi connectivity index (χ4n) is 2.59. The maximum Gasteiger partial charge on any atom is 0.242 e. The van der Waals surface area contributed by atoms with E-state index in [0.717, 1.165) is 14.9 Å². The molecule has 0 radical (unpaired) electrons. The second kappa shape index (κ2) is 10.1. The Balaban J connectivity index is 2.15. The van der Waals surface area contributed by atoms with E-state index >= 15 is 0 Å². The van der Waals surface area contributed by atoms with Crippen molar-refractivity contribution in [2.45, 2.75) is 50.7 Å². The highest BCUT2D eigenvalue weighted by Gasteiger charge is 2.28. The molecule has 0 aromatic heterocycles. The number of hydrogen-bond donors (Lipinski definition) is 1. The molecule has 2 aromatic carbocycles. The van der Waals surface area contributed by atoms with Gasteiger partial charge < -0.3 is 10.2 Å². The zero-order valence-electron chi connectivity index (χ0n) is 16.7. The highest BCUT2D eigenvalue weighted by atomic mass is 79.9. The summed E-state index contributed by atoms with van der Waals surface area (Å²) in [6.07, 6.45) is 0. The van der Waals surface area contributed by atoms with E-state index in [1.165, 1.54) is 11.8 Å².